The zero-order valence-corrected chi connectivity index (χ0v) is 16.1. The van der Waals surface area contributed by atoms with E-state index in [9.17, 15) is 9.59 Å². The summed E-state index contributed by atoms with van der Waals surface area (Å²) in [5.74, 6) is -1.09. The Bertz CT molecular complexity index is 911. The number of carbonyl (C=O) groups is 2. The van der Waals surface area contributed by atoms with Gasteiger partial charge in [0, 0.05) is 11.1 Å². The van der Waals surface area contributed by atoms with Crippen LogP contribution in [0.4, 0.5) is 14.6 Å². The number of rotatable bonds is 4. The number of aryl methyl sites for hydroxylation is 1. The molecule has 2 saturated heterocycles. The van der Waals surface area contributed by atoms with Gasteiger partial charge in [0.2, 0.25) is 11.6 Å². The molecule has 4 rings (SSSR count). The predicted molar refractivity (Wildman–Crippen MR) is 103 cm³/mol. The third-order valence-electron chi connectivity index (χ3n) is 5.22. The van der Waals surface area contributed by atoms with E-state index in [0.29, 0.717) is 0 Å². The summed E-state index contributed by atoms with van der Waals surface area (Å²) in [6.45, 7) is 0.508. The minimum absolute atomic E-state index is 0.0629. The van der Waals surface area contributed by atoms with Crippen LogP contribution in [0, 0.1) is 6.92 Å². The van der Waals surface area contributed by atoms with Gasteiger partial charge in [-0.2, -0.15) is 0 Å². The van der Waals surface area contributed by atoms with Crippen LogP contribution in [-0.4, -0.2) is 58.4 Å². The Morgan fingerprint density at radius 3 is 2.54 bits per heavy atom. The molecule has 2 aliphatic rings. The lowest BCUT2D eigenvalue weighted by molar-refractivity contribution is -0.131. The standard InChI is InChI=1S/C20H19F2N3O2S/c1-14-5-7-15(8-6-14)28-10-17(26)24-11-19(21)12-25(16-4-2-3-9-23-16)18(27)20(19,22)13-24/h2-9H,10-13H2,1H3/t19-,20+/m0/s1. The summed E-state index contributed by atoms with van der Waals surface area (Å²) in [5, 5.41) is 0. The second-order valence-electron chi connectivity index (χ2n) is 7.20. The average Bonchev–Trinajstić information content (AvgIpc) is 3.07. The van der Waals surface area contributed by atoms with Gasteiger partial charge in [-0.1, -0.05) is 23.8 Å². The Hall–Kier alpha value is -2.48. The van der Waals surface area contributed by atoms with Crippen LogP contribution in [0.25, 0.3) is 0 Å². The van der Waals surface area contributed by atoms with Gasteiger partial charge in [0.1, 0.15) is 5.82 Å². The number of amides is 2. The smallest absolute Gasteiger partial charge is 0.271 e. The molecule has 0 aliphatic carbocycles. The Morgan fingerprint density at radius 2 is 1.89 bits per heavy atom. The molecule has 2 fully saturated rings. The number of benzene rings is 1. The van der Waals surface area contributed by atoms with Gasteiger partial charge >= 0.3 is 0 Å². The minimum Gasteiger partial charge on any atom is -0.335 e. The maximum Gasteiger partial charge on any atom is 0.271 e. The first-order valence-corrected chi connectivity index (χ1v) is 9.89. The number of anilines is 1. The molecule has 3 heterocycles. The van der Waals surface area contributed by atoms with E-state index in [-0.39, 0.29) is 17.5 Å². The molecule has 0 saturated carbocycles. The first-order valence-electron chi connectivity index (χ1n) is 8.90. The van der Waals surface area contributed by atoms with Crippen LogP contribution >= 0.6 is 11.8 Å². The van der Waals surface area contributed by atoms with Crippen molar-refractivity contribution in [1.82, 2.24) is 9.88 Å². The number of aromatic nitrogens is 1. The summed E-state index contributed by atoms with van der Waals surface area (Å²) in [4.78, 5) is 32.2. The van der Waals surface area contributed by atoms with Crippen LogP contribution in [-0.2, 0) is 9.59 Å². The lowest BCUT2D eigenvalue weighted by atomic mass is 9.93. The van der Waals surface area contributed by atoms with Crippen LogP contribution in [0.3, 0.4) is 0 Å². The number of hydrogen-bond acceptors (Lipinski definition) is 4. The zero-order valence-electron chi connectivity index (χ0n) is 15.3. The van der Waals surface area contributed by atoms with E-state index in [4.69, 9.17) is 0 Å². The van der Waals surface area contributed by atoms with Gasteiger partial charge < -0.3 is 4.90 Å². The van der Waals surface area contributed by atoms with Crippen molar-refractivity contribution in [3.8, 4) is 0 Å². The van der Waals surface area contributed by atoms with E-state index >= 15 is 8.78 Å². The average molecular weight is 403 g/mol. The zero-order chi connectivity index (χ0) is 19.9. The van der Waals surface area contributed by atoms with Crippen LogP contribution in [0.15, 0.2) is 53.6 Å². The first-order chi connectivity index (χ1) is 13.3. The summed E-state index contributed by atoms with van der Waals surface area (Å²) in [6, 6.07) is 12.5. The molecule has 2 aromatic rings. The number of fused-ring (bicyclic) bond motifs is 1. The van der Waals surface area contributed by atoms with E-state index in [1.165, 1.54) is 24.0 Å². The van der Waals surface area contributed by atoms with Crippen molar-refractivity contribution >= 4 is 29.4 Å². The van der Waals surface area contributed by atoms with Crippen LogP contribution in [0.2, 0.25) is 0 Å². The highest BCUT2D eigenvalue weighted by Gasteiger charge is 2.72. The molecular weight excluding hydrogens is 384 g/mol. The van der Waals surface area contributed by atoms with Crippen molar-refractivity contribution in [3.05, 3.63) is 54.2 Å². The lowest BCUT2D eigenvalue weighted by Crippen LogP contribution is -2.47. The molecule has 5 nitrogen and oxygen atoms in total. The second-order valence-corrected chi connectivity index (χ2v) is 8.25. The highest BCUT2D eigenvalue weighted by atomic mass is 32.2. The molecular formula is C20H19F2N3O2S. The van der Waals surface area contributed by atoms with E-state index < -0.39 is 36.9 Å². The summed E-state index contributed by atoms with van der Waals surface area (Å²) in [5.41, 5.74) is -4.07. The SMILES string of the molecule is Cc1ccc(SCC(=O)N2C[C@]3(F)CN(c4ccccn4)C(=O)[C@]3(F)C2)cc1. The number of hydrogen-bond donors (Lipinski definition) is 0. The number of likely N-dealkylation sites (tertiary alicyclic amines) is 1. The van der Waals surface area contributed by atoms with E-state index in [1.807, 2.05) is 31.2 Å². The largest absolute Gasteiger partial charge is 0.335 e. The van der Waals surface area contributed by atoms with Crippen molar-refractivity contribution < 1.29 is 18.4 Å². The third-order valence-corrected chi connectivity index (χ3v) is 6.21. The van der Waals surface area contributed by atoms with E-state index in [1.54, 1.807) is 12.1 Å². The van der Waals surface area contributed by atoms with Gasteiger partial charge in [-0.25, -0.2) is 13.8 Å². The van der Waals surface area contributed by atoms with Crippen LogP contribution in [0.5, 0.6) is 0 Å². The summed E-state index contributed by atoms with van der Waals surface area (Å²) >= 11 is 1.31. The Labute approximate surface area is 165 Å². The molecule has 8 heteroatoms. The van der Waals surface area contributed by atoms with Crippen molar-refractivity contribution in [1.29, 1.82) is 0 Å². The topological polar surface area (TPSA) is 53.5 Å². The van der Waals surface area contributed by atoms with Crippen molar-refractivity contribution in [2.75, 3.05) is 30.3 Å². The van der Waals surface area contributed by atoms with Gasteiger partial charge in [-0.05, 0) is 31.2 Å². The quantitative estimate of drug-likeness (QED) is 0.737. The summed E-state index contributed by atoms with van der Waals surface area (Å²) in [7, 11) is 0. The molecule has 28 heavy (non-hydrogen) atoms. The molecule has 0 spiro atoms. The van der Waals surface area contributed by atoms with E-state index in [0.717, 1.165) is 20.3 Å². The fraction of sp³-hybridized carbons (Fsp3) is 0.350. The number of nitrogens with zero attached hydrogens (tertiary/aromatic N) is 3. The molecule has 146 valence electrons. The van der Waals surface area contributed by atoms with Crippen molar-refractivity contribution in [2.45, 2.75) is 23.2 Å². The maximum absolute atomic E-state index is 15.4. The number of halogens is 2. The van der Waals surface area contributed by atoms with Crippen molar-refractivity contribution in [2.24, 2.45) is 0 Å². The highest BCUT2D eigenvalue weighted by Crippen LogP contribution is 2.46. The number of carbonyl (C=O) groups excluding carboxylic acids is 2. The third kappa shape index (κ3) is 3.05. The van der Waals surface area contributed by atoms with Crippen LogP contribution in [0.1, 0.15) is 5.56 Å². The molecule has 0 bridgehead atoms. The second kappa shape index (κ2) is 6.84. The van der Waals surface area contributed by atoms with Crippen LogP contribution < -0.4 is 4.90 Å². The Kier molecular flexibility index (Phi) is 4.61. The first kappa shape index (κ1) is 18.9. The number of alkyl halides is 2. The normalized spacial score (nSPS) is 26.6. The van der Waals surface area contributed by atoms with E-state index in [2.05, 4.69) is 4.98 Å². The molecule has 2 amide bonds. The lowest BCUT2D eigenvalue weighted by Gasteiger charge is -2.22. The predicted octanol–water partition coefficient (Wildman–Crippen LogP) is 2.79. The van der Waals surface area contributed by atoms with Gasteiger partial charge in [0.15, 0.2) is 5.67 Å². The maximum atomic E-state index is 15.4. The van der Waals surface area contributed by atoms with Gasteiger partial charge in [-0.3, -0.25) is 14.5 Å². The summed E-state index contributed by atoms with van der Waals surface area (Å²) in [6.07, 6.45) is 1.46. The highest BCUT2D eigenvalue weighted by molar-refractivity contribution is 8.00. The van der Waals surface area contributed by atoms with Crippen molar-refractivity contribution in [3.63, 3.8) is 0 Å². The molecule has 0 N–H and O–H groups in total. The monoisotopic (exact) mass is 403 g/mol. The minimum atomic E-state index is -2.74. The number of pyridine rings is 1. The number of thioether (sulfide) groups is 1. The summed E-state index contributed by atoms with van der Waals surface area (Å²) < 4.78 is 30.9. The van der Waals surface area contributed by atoms with Gasteiger partial charge in [0.05, 0.1) is 25.4 Å². The fourth-order valence-corrected chi connectivity index (χ4v) is 4.41. The molecule has 1 aromatic heterocycles. The van der Waals surface area contributed by atoms with Gasteiger partial charge in [0.25, 0.3) is 5.91 Å². The van der Waals surface area contributed by atoms with Gasteiger partial charge in [-0.15, -0.1) is 11.8 Å². The molecule has 1 aromatic carbocycles. The fourth-order valence-electron chi connectivity index (χ4n) is 3.61. The molecule has 2 aliphatic heterocycles. The molecule has 0 radical (unpaired) electrons. The Balaban J connectivity index is 1.45. The Morgan fingerprint density at radius 1 is 1.14 bits per heavy atom. The molecule has 2 atom stereocenters. The molecule has 0 unspecified atom stereocenters.